The van der Waals surface area contributed by atoms with Crippen molar-refractivity contribution in [1.29, 1.82) is 0 Å². The van der Waals surface area contributed by atoms with E-state index in [2.05, 4.69) is 15.6 Å². The first-order chi connectivity index (χ1) is 9.95. The third kappa shape index (κ3) is 2.82. The molecule has 0 spiro atoms. The lowest BCUT2D eigenvalue weighted by molar-refractivity contribution is 0.102. The molecular weight excluding hydrogens is 294 g/mol. The number of carbonyl (C=O) groups is 1. The molecule has 0 aliphatic rings. The van der Waals surface area contributed by atoms with Gasteiger partial charge < -0.3 is 16.3 Å². The molecule has 1 amide bonds. The number of carbonyl (C=O) groups excluding carboxylic acids is 1. The van der Waals surface area contributed by atoms with Crippen molar-refractivity contribution in [2.45, 2.75) is 6.92 Å². The smallest absolute Gasteiger partial charge is 0.258 e. The number of benzene rings is 1. The summed E-state index contributed by atoms with van der Waals surface area (Å²) in [4.78, 5) is 12.3. The van der Waals surface area contributed by atoms with Crippen molar-refractivity contribution in [1.82, 2.24) is 9.78 Å². The summed E-state index contributed by atoms with van der Waals surface area (Å²) < 4.78 is 1.41. The molecule has 8 heteroatoms. The van der Waals surface area contributed by atoms with E-state index < -0.39 is 5.91 Å². The van der Waals surface area contributed by atoms with Crippen LogP contribution >= 0.6 is 11.6 Å². The molecule has 7 nitrogen and oxygen atoms in total. The van der Waals surface area contributed by atoms with Crippen molar-refractivity contribution in [3.63, 3.8) is 0 Å². The number of nitrogens with two attached hydrogens (primary N) is 1. The Hall–Kier alpha value is -2.54. The van der Waals surface area contributed by atoms with Crippen LogP contribution in [-0.4, -0.2) is 26.7 Å². The number of rotatable bonds is 3. The van der Waals surface area contributed by atoms with Gasteiger partial charge in [0.2, 0.25) is 0 Å². The van der Waals surface area contributed by atoms with Crippen LogP contribution in [-0.2, 0) is 7.05 Å². The third-order valence-corrected chi connectivity index (χ3v) is 3.49. The lowest BCUT2D eigenvalue weighted by Crippen LogP contribution is -2.20. The van der Waals surface area contributed by atoms with E-state index in [1.807, 2.05) is 13.0 Å². The van der Waals surface area contributed by atoms with Crippen molar-refractivity contribution in [3.05, 3.63) is 46.1 Å². The first-order valence-electron chi connectivity index (χ1n) is 6.02. The van der Waals surface area contributed by atoms with E-state index in [1.165, 1.54) is 10.9 Å². The largest absolute Gasteiger partial charge is 0.409 e. The van der Waals surface area contributed by atoms with Gasteiger partial charge in [0.15, 0.2) is 5.84 Å². The van der Waals surface area contributed by atoms with Crippen LogP contribution in [0.1, 0.15) is 21.5 Å². The van der Waals surface area contributed by atoms with Crippen LogP contribution in [0.15, 0.2) is 29.6 Å². The molecule has 1 heterocycles. The van der Waals surface area contributed by atoms with E-state index in [0.717, 1.165) is 5.56 Å². The maximum Gasteiger partial charge on any atom is 0.258 e. The Bertz CT molecular complexity index is 723. The van der Waals surface area contributed by atoms with Crippen LogP contribution in [0.2, 0.25) is 5.02 Å². The molecule has 4 N–H and O–H groups in total. The molecule has 0 unspecified atom stereocenters. The Balaban J connectivity index is 2.37. The number of hydrogen-bond acceptors (Lipinski definition) is 4. The molecule has 110 valence electrons. The second kappa shape index (κ2) is 5.84. The third-order valence-electron chi connectivity index (χ3n) is 2.99. The number of anilines is 1. The van der Waals surface area contributed by atoms with Crippen LogP contribution in [0.25, 0.3) is 0 Å². The Morgan fingerprint density at radius 2 is 2.19 bits per heavy atom. The second-order valence-corrected chi connectivity index (χ2v) is 4.78. The number of nitrogens with zero attached hydrogens (tertiary/aromatic N) is 3. The van der Waals surface area contributed by atoms with Gasteiger partial charge in [-0.15, -0.1) is 0 Å². The van der Waals surface area contributed by atoms with Crippen LogP contribution in [0, 0.1) is 6.92 Å². The molecule has 0 aliphatic heterocycles. The van der Waals surface area contributed by atoms with Gasteiger partial charge in [-0.05, 0) is 18.6 Å². The molecule has 1 aromatic carbocycles. The number of halogens is 1. The Morgan fingerprint density at radius 1 is 1.48 bits per heavy atom. The summed E-state index contributed by atoms with van der Waals surface area (Å²) in [6, 6.07) is 5.17. The molecular formula is C13H14ClN5O2. The number of aryl methyl sites for hydroxylation is 2. The van der Waals surface area contributed by atoms with Gasteiger partial charge in [0, 0.05) is 7.05 Å². The number of nitrogens with one attached hydrogen (secondary N) is 1. The minimum atomic E-state index is -0.403. The molecule has 21 heavy (non-hydrogen) atoms. The van der Waals surface area contributed by atoms with Gasteiger partial charge >= 0.3 is 0 Å². The molecule has 0 saturated carbocycles. The SMILES string of the molecule is Cc1cccc(C(=O)Nc2c(/C(N)=N/O)cnn2C)c1Cl. The zero-order valence-corrected chi connectivity index (χ0v) is 12.2. The fourth-order valence-corrected chi connectivity index (χ4v) is 2.04. The lowest BCUT2D eigenvalue weighted by atomic mass is 10.1. The monoisotopic (exact) mass is 307 g/mol. The standard InChI is InChI=1S/C13H14ClN5O2/c1-7-4-3-5-8(10(7)14)13(20)17-12-9(11(15)18-21)6-16-19(12)2/h3-6,21H,1-2H3,(H2,15,18)(H,17,20). The van der Waals surface area contributed by atoms with Gasteiger partial charge in [0.1, 0.15) is 5.82 Å². The summed E-state index contributed by atoms with van der Waals surface area (Å²) in [5.41, 5.74) is 7.00. The first-order valence-corrected chi connectivity index (χ1v) is 6.40. The molecule has 0 bridgehead atoms. The van der Waals surface area contributed by atoms with E-state index in [0.29, 0.717) is 22.0 Å². The average Bonchev–Trinajstić information content (AvgIpc) is 2.82. The lowest BCUT2D eigenvalue weighted by Gasteiger charge is -2.10. The summed E-state index contributed by atoms with van der Waals surface area (Å²) in [6.07, 6.45) is 1.39. The maximum absolute atomic E-state index is 12.3. The van der Waals surface area contributed by atoms with Gasteiger partial charge in [-0.1, -0.05) is 28.9 Å². The number of amidine groups is 1. The maximum atomic E-state index is 12.3. The zero-order chi connectivity index (χ0) is 15.6. The Morgan fingerprint density at radius 3 is 2.86 bits per heavy atom. The van der Waals surface area contributed by atoms with Crippen molar-refractivity contribution in [2.75, 3.05) is 5.32 Å². The summed E-state index contributed by atoms with van der Waals surface area (Å²) in [6.45, 7) is 1.81. The van der Waals surface area contributed by atoms with Crippen molar-refractivity contribution in [2.24, 2.45) is 17.9 Å². The van der Waals surface area contributed by atoms with E-state index in [-0.39, 0.29) is 5.84 Å². The fourth-order valence-electron chi connectivity index (χ4n) is 1.82. The summed E-state index contributed by atoms with van der Waals surface area (Å²) in [5.74, 6) is -0.235. The number of hydrogen-bond donors (Lipinski definition) is 3. The molecule has 2 aromatic rings. The zero-order valence-electron chi connectivity index (χ0n) is 11.5. The normalized spacial score (nSPS) is 11.5. The minimum absolute atomic E-state index is 0.145. The Kier molecular flexibility index (Phi) is 4.13. The highest BCUT2D eigenvalue weighted by Crippen LogP contribution is 2.22. The van der Waals surface area contributed by atoms with Crippen molar-refractivity contribution >= 4 is 29.2 Å². The summed E-state index contributed by atoms with van der Waals surface area (Å²) in [5, 5.41) is 18.7. The fraction of sp³-hybridized carbons (Fsp3) is 0.154. The number of aromatic nitrogens is 2. The van der Waals surface area contributed by atoms with Gasteiger partial charge in [0.05, 0.1) is 22.3 Å². The van der Waals surface area contributed by atoms with E-state index in [9.17, 15) is 4.79 Å². The quantitative estimate of drug-likeness (QED) is 0.347. The number of oxime groups is 1. The molecule has 0 saturated heterocycles. The Labute approximate surface area is 126 Å². The van der Waals surface area contributed by atoms with Crippen molar-refractivity contribution in [3.8, 4) is 0 Å². The molecule has 0 radical (unpaired) electrons. The molecule has 0 atom stereocenters. The van der Waals surface area contributed by atoms with Crippen LogP contribution in [0.5, 0.6) is 0 Å². The van der Waals surface area contributed by atoms with Crippen LogP contribution in [0.3, 0.4) is 0 Å². The average molecular weight is 308 g/mol. The highest BCUT2D eigenvalue weighted by atomic mass is 35.5. The second-order valence-electron chi connectivity index (χ2n) is 4.41. The number of amides is 1. The highest BCUT2D eigenvalue weighted by molar-refractivity contribution is 6.35. The van der Waals surface area contributed by atoms with Gasteiger partial charge in [0.25, 0.3) is 5.91 Å². The van der Waals surface area contributed by atoms with Crippen LogP contribution < -0.4 is 11.1 Å². The van der Waals surface area contributed by atoms with E-state index in [1.54, 1.807) is 19.2 Å². The predicted molar refractivity (Wildman–Crippen MR) is 79.9 cm³/mol. The highest BCUT2D eigenvalue weighted by Gasteiger charge is 2.18. The molecule has 0 aliphatic carbocycles. The molecule has 1 aromatic heterocycles. The minimum Gasteiger partial charge on any atom is -0.409 e. The van der Waals surface area contributed by atoms with Crippen LogP contribution in [0.4, 0.5) is 5.82 Å². The van der Waals surface area contributed by atoms with Gasteiger partial charge in [-0.2, -0.15) is 5.10 Å². The summed E-state index contributed by atoms with van der Waals surface area (Å²) in [7, 11) is 1.63. The first kappa shape index (κ1) is 14.9. The van der Waals surface area contributed by atoms with Gasteiger partial charge in [-0.25, -0.2) is 0 Å². The van der Waals surface area contributed by atoms with Gasteiger partial charge in [-0.3, -0.25) is 9.48 Å². The summed E-state index contributed by atoms with van der Waals surface area (Å²) >= 11 is 6.13. The van der Waals surface area contributed by atoms with E-state index >= 15 is 0 Å². The van der Waals surface area contributed by atoms with Crippen molar-refractivity contribution < 1.29 is 10.0 Å². The molecule has 0 fully saturated rings. The molecule has 2 rings (SSSR count). The van der Waals surface area contributed by atoms with E-state index in [4.69, 9.17) is 22.5 Å². The topological polar surface area (TPSA) is 106 Å². The predicted octanol–water partition coefficient (Wildman–Crippen LogP) is 1.73.